The molecule has 0 radical (unpaired) electrons. The molecule has 2 fully saturated rings. The molecule has 0 spiro atoms. The van der Waals surface area contributed by atoms with Gasteiger partial charge in [0.05, 0.1) is 4.75 Å². The number of likely N-dealkylation sites (N-methyl/N-ethyl adjacent to an activating group) is 1. The Kier molecular flexibility index (Phi) is 4.55. The molecule has 5 nitrogen and oxygen atoms in total. The van der Waals surface area contributed by atoms with Crippen LogP contribution in [0.4, 0.5) is 0 Å². The maximum absolute atomic E-state index is 12.2. The van der Waals surface area contributed by atoms with Gasteiger partial charge in [0.2, 0.25) is 10.0 Å². The lowest BCUT2D eigenvalue weighted by Gasteiger charge is -2.32. The topological polar surface area (TPSA) is 43.9 Å². The monoisotopic (exact) mass is 289 g/mol. The minimum Gasteiger partial charge on any atom is -0.304 e. The zero-order valence-electron chi connectivity index (χ0n) is 12.4. The molecule has 0 aromatic rings. The number of piperazine rings is 1. The van der Waals surface area contributed by atoms with Gasteiger partial charge in [0.25, 0.3) is 0 Å². The molecule has 0 unspecified atom stereocenters. The van der Waals surface area contributed by atoms with Gasteiger partial charge in [-0.15, -0.1) is 0 Å². The highest BCUT2D eigenvalue weighted by Crippen LogP contribution is 2.44. The predicted octanol–water partition coefficient (Wildman–Crippen LogP) is 0.438. The summed E-state index contributed by atoms with van der Waals surface area (Å²) in [5.41, 5.74) is 0. The van der Waals surface area contributed by atoms with E-state index in [9.17, 15) is 8.42 Å². The van der Waals surface area contributed by atoms with Crippen LogP contribution in [0.1, 0.15) is 26.2 Å². The minimum atomic E-state index is -3.07. The highest BCUT2D eigenvalue weighted by atomic mass is 32.2. The number of rotatable bonds is 6. The van der Waals surface area contributed by atoms with Crippen LogP contribution in [-0.4, -0.2) is 80.6 Å². The second-order valence-corrected chi connectivity index (χ2v) is 8.83. The van der Waals surface area contributed by atoms with E-state index >= 15 is 0 Å². The summed E-state index contributed by atoms with van der Waals surface area (Å²) in [4.78, 5) is 4.76. The molecule has 0 amide bonds. The maximum atomic E-state index is 12.2. The van der Waals surface area contributed by atoms with E-state index in [2.05, 4.69) is 16.8 Å². The molecule has 1 heterocycles. The van der Waals surface area contributed by atoms with Crippen LogP contribution in [0, 0.1) is 0 Å². The fourth-order valence-electron chi connectivity index (χ4n) is 2.52. The molecule has 1 saturated carbocycles. The van der Waals surface area contributed by atoms with Crippen molar-refractivity contribution in [1.82, 2.24) is 14.1 Å². The van der Waals surface area contributed by atoms with E-state index in [1.807, 2.05) is 6.92 Å². The zero-order valence-corrected chi connectivity index (χ0v) is 13.2. The van der Waals surface area contributed by atoms with E-state index in [-0.39, 0.29) is 0 Å². The summed E-state index contributed by atoms with van der Waals surface area (Å²) in [6.45, 7) is 7.95. The van der Waals surface area contributed by atoms with Gasteiger partial charge >= 0.3 is 0 Å². The van der Waals surface area contributed by atoms with Gasteiger partial charge in [-0.3, -0.25) is 0 Å². The van der Waals surface area contributed by atoms with Crippen LogP contribution in [0.2, 0.25) is 0 Å². The molecule has 2 aliphatic rings. The smallest absolute Gasteiger partial charge is 0.219 e. The molecule has 6 heteroatoms. The van der Waals surface area contributed by atoms with Gasteiger partial charge in [-0.2, -0.15) is 0 Å². The first-order valence-electron chi connectivity index (χ1n) is 7.22. The molecule has 1 saturated heterocycles. The van der Waals surface area contributed by atoms with Crippen LogP contribution in [-0.2, 0) is 10.0 Å². The normalized spacial score (nSPS) is 24.8. The highest BCUT2D eigenvalue weighted by molar-refractivity contribution is 7.90. The van der Waals surface area contributed by atoms with Crippen LogP contribution < -0.4 is 0 Å². The SMILES string of the molecule is CN1CCN(CCCN(C)S(=O)(=O)C2(C)CC2)CC1. The quantitative estimate of drug-likeness (QED) is 0.712. The van der Waals surface area contributed by atoms with E-state index in [1.165, 1.54) is 0 Å². The zero-order chi connectivity index (χ0) is 14.1. The summed E-state index contributed by atoms with van der Waals surface area (Å²) < 4.78 is 25.6. The molecule has 0 aromatic heterocycles. The Balaban J connectivity index is 1.71. The first-order valence-corrected chi connectivity index (χ1v) is 8.66. The Morgan fingerprint density at radius 3 is 2.26 bits per heavy atom. The molecule has 0 atom stereocenters. The molecular formula is C13H27N3O2S. The highest BCUT2D eigenvalue weighted by Gasteiger charge is 2.51. The van der Waals surface area contributed by atoms with Crippen LogP contribution in [0.3, 0.4) is 0 Å². The summed E-state index contributed by atoms with van der Waals surface area (Å²) in [5.74, 6) is 0. The van der Waals surface area contributed by atoms with Crippen molar-refractivity contribution in [2.24, 2.45) is 0 Å². The average molecular weight is 289 g/mol. The Hall–Kier alpha value is -0.170. The van der Waals surface area contributed by atoms with Crippen LogP contribution >= 0.6 is 0 Å². The van der Waals surface area contributed by atoms with Gasteiger partial charge in [-0.05, 0) is 39.8 Å². The lowest BCUT2D eigenvalue weighted by Crippen LogP contribution is -2.45. The fraction of sp³-hybridized carbons (Fsp3) is 1.00. The fourth-order valence-corrected chi connectivity index (χ4v) is 4.26. The van der Waals surface area contributed by atoms with Crippen molar-refractivity contribution in [2.75, 3.05) is 53.4 Å². The van der Waals surface area contributed by atoms with Crippen molar-refractivity contribution in [3.05, 3.63) is 0 Å². The lowest BCUT2D eigenvalue weighted by molar-refractivity contribution is 0.151. The van der Waals surface area contributed by atoms with Crippen molar-refractivity contribution < 1.29 is 8.42 Å². The molecule has 0 aromatic carbocycles. The van der Waals surface area contributed by atoms with Crippen molar-refractivity contribution >= 4 is 10.0 Å². The molecule has 19 heavy (non-hydrogen) atoms. The Labute approximate surface area is 117 Å². The first-order chi connectivity index (χ1) is 8.85. The molecule has 112 valence electrons. The summed E-state index contributed by atoms with van der Waals surface area (Å²) in [6, 6.07) is 0. The number of hydrogen-bond donors (Lipinski definition) is 0. The number of sulfonamides is 1. The van der Waals surface area contributed by atoms with Crippen LogP contribution in [0.25, 0.3) is 0 Å². The Bertz CT molecular complexity index is 398. The third-order valence-electron chi connectivity index (χ3n) is 4.53. The summed E-state index contributed by atoms with van der Waals surface area (Å²) in [7, 11) is 0.801. The van der Waals surface area contributed by atoms with Gasteiger partial charge in [0.15, 0.2) is 0 Å². The van der Waals surface area contributed by atoms with E-state index < -0.39 is 14.8 Å². The second-order valence-electron chi connectivity index (χ2n) is 6.27. The summed E-state index contributed by atoms with van der Waals surface area (Å²) in [6.07, 6.45) is 2.56. The van der Waals surface area contributed by atoms with Gasteiger partial charge < -0.3 is 9.80 Å². The molecule has 1 aliphatic carbocycles. The van der Waals surface area contributed by atoms with E-state index in [0.29, 0.717) is 6.54 Å². The van der Waals surface area contributed by atoms with Crippen molar-refractivity contribution in [2.45, 2.75) is 30.9 Å². The van der Waals surface area contributed by atoms with Crippen molar-refractivity contribution in [3.8, 4) is 0 Å². The van der Waals surface area contributed by atoms with E-state index in [1.54, 1.807) is 11.4 Å². The summed E-state index contributed by atoms with van der Waals surface area (Å²) in [5, 5.41) is 0. The number of nitrogens with zero attached hydrogens (tertiary/aromatic N) is 3. The van der Waals surface area contributed by atoms with Crippen LogP contribution in [0.15, 0.2) is 0 Å². The summed E-state index contributed by atoms with van der Waals surface area (Å²) >= 11 is 0. The Morgan fingerprint density at radius 2 is 1.74 bits per heavy atom. The van der Waals surface area contributed by atoms with Gasteiger partial charge in [0, 0.05) is 39.8 Å². The maximum Gasteiger partial charge on any atom is 0.219 e. The first kappa shape index (κ1) is 15.2. The van der Waals surface area contributed by atoms with Gasteiger partial charge in [-0.25, -0.2) is 12.7 Å². The largest absolute Gasteiger partial charge is 0.304 e. The predicted molar refractivity (Wildman–Crippen MR) is 77.7 cm³/mol. The van der Waals surface area contributed by atoms with Gasteiger partial charge in [0.1, 0.15) is 0 Å². The molecular weight excluding hydrogens is 262 g/mol. The second kappa shape index (κ2) is 5.68. The van der Waals surface area contributed by atoms with Gasteiger partial charge in [-0.1, -0.05) is 0 Å². The lowest BCUT2D eigenvalue weighted by atomic mass is 10.3. The van der Waals surface area contributed by atoms with E-state index in [0.717, 1.165) is 52.0 Å². The molecule has 0 N–H and O–H groups in total. The van der Waals surface area contributed by atoms with Crippen molar-refractivity contribution in [3.63, 3.8) is 0 Å². The minimum absolute atomic E-state index is 0.463. The number of hydrogen-bond acceptors (Lipinski definition) is 4. The van der Waals surface area contributed by atoms with Crippen molar-refractivity contribution in [1.29, 1.82) is 0 Å². The third-order valence-corrected chi connectivity index (χ3v) is 7.19. The van der Waals surface area contributed by atoms with E-state index in [4.69, 9.17) is 0 Å². The molecule has 2 rings (SSSR count). The third kappa shape index (κ3) is 3.48. The average Bonchev–Trinajstić information content (AvgIpc) is 3.11. The standard InChI is InChI=1S/C13H27N3O2S/c1-13(5-6-13)19(17,18)15(3)7-4-8-16-11-9-14(2)10-12-16/h4-12H2,1-3H3. The molecule has 1 aliphatic heterocycles. The molecule has 0 bridgehead atoms. The van der Waals surface area contributed by atoms with Crippen LogP contribution in [0.5, 0.6) is 0 Å². The Morgan fingerprint density at radius 1 is 1.16 bits per heavy atom.